The van der Waals surface area contributed by atoms with Crippen LogP contribution in [0.15, 0.2) is 22.6 Å². The average Bonchev–Trinajstić information content (AvgIpc) is 3.04. The molecule has 3 N–H and O–H groups in total. The molecule has 1 aromatic carbocycles. The lowest BCUT2D eigenvalue weighted by Crippen LogP contribution is -2.50. The molecule has 3 rings (SSSR count). The second kappa shape index (κ2) is 5.37. The molecular weight excluding hydrogens is 270 g/mol. The van der Waals surface area contributed by atoms with E-state index in [1.54, 1.807) is 25.1 Å². The Balaban J connectivity index is 1.70. The van der Waals surface area contributed by atoms with Crippen molar-refractivity contribution in [1.82, 2.24) is 10.3 Å². The fraction of sp³-hybridized carbons (Fsp3) is 0.467. The van der Waals surface area contributed by atoms with Crippen molar-refractivity contribution < 1.29 is 14.3 Å². The van der Waals surface area contributed by atoms with Crippen molar-refractivity contribution in [3.63, 3.8) is 0 Å². The molecule has 0 spiro atoms. The molecule has 0 radical (unpaired) electrons. The molecule has 1 saturated carbocycles. The maximum Gasteiger partial charge on any atom is 0.319 e. The lowest BCUT2D eigenvalue weighted by Gasteiger charge is -2.27. The van der Waals surface area contributed by atoms with Crippen LogP contribution < -0.4 is 10.6 Å². The van der Waals surface area contributed by atoms with Crippen molar-refractivity contribution in [3.05, 3.63) is 24.1 Å². The number of anilines is 1. The van der Waals surface area contributed by atoms with E-state index in [4.69, 9.17) is 4.42 Å². The summed E-state index contributed by atoms with van der Waals surface area (Å²) < 4.78 is 5.44. The minimum atomic E-state index is -0.475. The fourth-order valence-electron chi connectivity index (χ4n) is 2.90. The van der Waals surface area contributed by atoms with E-state index in [-0.39, 0.29) is 12.6 Å². The summed E-state index contributed by atoms with van der Waals surface area (Å²) in [5, 5.41) is 15.2. The topological polar surface area (TPSA) is 87.4 Å². The van der Waals surface area contributed by atoms with Gasteiger partial charge in [-0.15, -0.1) is 0 Å². The predicted octanol–water partition coefficient (Wildman–Crippen LogP) is 2.56. The molecule has 0 bridgehead atoms. The zero-order valence-electron chi connectivity index (χ0n) is 12.0. The Morgan fingerprint density at radius 3 is 2.90 bits per heavy atom. The molecule has 0 atom stereocenters. The van der Waals surface area contributed by atoms with Gasteiger partial charge in [-0.05, 0) is 25.0 Å². The SMILES string of the molecule is Cc1nc2ccc(NC(=O)NC3(CO)CCCC3)cc2o1. The van der Waals surface area contributed by atoms with Crippen molar-refractivity contribution in [2.24, 2.45) is 0 Å². The number of nitrogens with zero attached hydrogens (tertiary/aromatic N) is 1. The largest absolute Gasteiger partial charge is 0.441 e. The molecule has 1 heterocycles. The molecule has 0 unspecified atom stereocenters. The third kappa shape index (κ3) is 2.85. The number of hydrogen-bond donors (Lipinski definition) is 3. The Morgan fingerprint density at radius 2 is 2.19 bits per heavy atom. The van der Waals surface area contributed by atoms with Gasteiger partial charge in [0.05, 0.1) is 12.1 Å². The van der Waals surface area contributed by atoms with Gasteiger partial charge >= 0.3 is 6.03 Å². The van der Waals surface area contributed by atoms with E-state index in [0.29, 0.717) is 17.2 Å². The number of carbonyl (C=O) groups excluding carboxylic acids is 1. The van der Waals surface area contributed by atoms with E-state index in [0.717, 1.165) is 31.2 Å². The molecule has 112 valence electrons. The van der Waals surface area contributed by atoms with Gasteiger partial charge in [0.1, 0.15) is 5.52 Å². The average molecular weight is 289 g/mol. The summed E-state index contributed by atoms with van der Waals surface area (Å²) in [6.45, 7) is 1.76. The predicted molar refractivity (Wildman–Crippen MR) is 79.2 cm³/mol. The first-order chi connectivity index (χ1) is 10.1. The normalized spacial score (nSPS) is 17.0. The Kier molecular flexibility index (Phi) is 3.55. The van der Waals surface area contributed by atoms with Gasteiger partial charge in [0.15, 0.2) is 11.5 Å². The molecule has 6 nitrogen and oxygen atoms in total. The van der Waals surface area contributed by atoms with E-state index in [1.165, 1.54) is 0 Å². The summed E-state index contributed by atoms with van der Waals surface area (Å²) in [7, 11) is 0. The van der Waals surface area contributed by atoms with Crippen molar-refractivity contribution in [1.29, 1.82) is 0 Å². The third-order valence-electron chi connectivity index (χ3n) is 4.00. The zero-order chi connectivity index (χ0) is 14.9. The van der Waals surface area contributed by atoms with Gasteiger partial charge in [0.2, 0.25) is 0 Å². The number of amides is 2. The second-order valence-electron chi connectivity index (χ2n) is 5.64. The Morgan fingerprint density at radius 1 is 1.43 bits per heavy atom. The van der Waals surface area contributed by atoms with Crippen molar-refractivity contribution >= 4 is 22.8 Å². The Labute approximate surface area is 122 Å². The van der Waals surface area contributed by atoms with E-state index in [1.807, 2.05) is 0 Å². The molecule has 0 aliphatic heterocycles. The molecule has 6 heteroatoms. The van der Waals surface area contributed by atoms with Crippen molar-refractivity contribution in [3.8, 4) is 0 Å². The number of aryl methyl sites for hydroxylation is 1. The van der Waals surface area contributed by atoms with E-state index in [2.05, 4.69) is 15.6 Å². The number of benzene rings is 1. The van der Waals surface area contributed by atoms with Crippen LogP contribution in [0.25, 0.3) is 11.1 Å². The van der Waals surface area contributed by atoms with E-state index >= 15 is 0 Å². The highest BCUT2D eigenvalue weighted by atomic mass is 16.3. The smallest absolute Gasteiger partial charge is 0.319 e. The summed E-state index contributed by atoms with van der Waals surface area (Å²) in [6.07, 6.45) is 3.70. The van der Waals surface area contributed by atoms with Gasteiger partial charge in [-0.2, -0.15) is 0 Å². The van der Waals surface area contributed by atoms with Gasteiger partial charge in [-0.3, -0.25) is 0 Å². The number of carbonyl (C=O) groups is 1. The maximum absolute atomic E-state index is 12.1. The molecule has 0 saturated heterocycles. The summed E-state index contributed by atoms with van der Waals surface area (Å²) in [6, 6.07) is 5.03. The third-order valence-corrected chi connectivity index (χ3v) is 4.00. The first-order valence-corrected chi connectivity index (χ1v) is 7.17. The van der Waals surface area contributed by atoms with Crippen LogP contribution in [-0.2, 0) is 0 Å². The van der Waals surface area contributed by atoms with Crippen LogP contribution in [0.5, 0.6) is 0 Å². The highest BCUT2D eigenvalue weighted by Crippen LogP contribution is 2.29. The van der Waals surface area contributed by atoms with Gasteiger partial charge in [-0.25, -0.2) is 9.78 Å². The van der Waals surface area contributed by atoms with Gasteiger partial charge in [0.25, 0.3) is 0 Å². The molecule has 1 aliphatic rings. The Hall–Kier alpha value is -2.08. The molecular formula is C15H19N3O3. The number of aromatic nitrogens is 1. The summed E-state index contributed by atoms with van der Waals surface area (Å²) >= 11 is 0. The van der Waals surface area contributed by atoms with Crippen LogP contribution in [0.2, 0.25) is 0 Å². The highest BCUT2D eigenvalue weighted by Gasteiger charge is 2.34. The van der Waals surface area contributed by atoms with Crippen LogP contribution in [-0.4, -0.2) is 28.3 Å². The van der Waals surface area contributed by atoms with Crippen LogP contribution in [0, 0.1) is 6.92 Å². The molecule has 1 fully saturated rings. The van der Waals surface area contributed by atoms with Crippen molar-refractivity contribution in [2.45, 2.75) is 38.1 Å². The van der Waals surface area contributed by atoms with Crippen molar-refractivity contribution in [2.75, 3.05) is 11.9 Å². The number of aliphatic hydroxyl groups excluding tert-OH is 1. The minimum Gasteiger partial charge on any atom is -0.441 e. The number of rotatable bonds is 3. The maximum atomic E-state index is 12.1. The summed E-state index contributed by atoms with van der Waals surface area (Å²) in [4.78, 5) is 16.3. The van der Waals surface area contributed by atoms with Crippen LogP contribution in [0.4, 0.5) is 10.5 Å². The first kappa shape index (κ1) is 13.9. The lowest BCUT2D eigenvalue weighted by atomic mass is 9.99. The van der Waals surface area contributed by atoms with Crippen LogP contribution in [0.1, 0.15) is 31.6 Å². The summed E-state index contributed by atoms with van der Waals surface area (Å²) in [5.41, 5.74) is 1.57. The first-order valence-electron chi connectivity index (χ1n) is 7.17. The number of oxazole rings is 1. The minimum absolute atomic E-state index is 0.0270. The number of hydrogen-bond acceptors (Lipinski definition) is 4. The van der Waals surface area contributed by atoms with E-state index < -0.39 is 5.54 Å². The standard InChI is InChI=1S/C15H19N3O3/c1-10-16-12-5-4-11(8-13(12)21-10)17-14(20)18-15(9-19)6-2-3-7-15/h4-5,8,19H,2-3,6-7,9H2,1H3,(H2,17,18,20). The summed E-state index contributed by atoms with van der Waals surface area (Å²) in [5.74, 6) is 0.594. The van der Waals surface area contributed by atoms with Gasteiger partial charge in [-0.1, -0.05) is 12.8 Å². The highest BCUT2D eigenvalue weighted by molar-refractivity contribution is 5.92. The number of urea groups is 1. The number of aliphatic hydroxyl groups is 1. The Bertz CT molecular complexity index is 659. The molecule has 2 aromatic rings. The van der Waals surface area contributed by atoms with Crippen LogP contribution in [0.3, 0.4) is 0 Å². The van der Waals surface area contributed by atoms with Crippen LogP contribution >= 0.6 is 0 Å². The molecule has 2 amide bonds. The molecule has 1 aromatic heterocycles. The second-order valence-corrected chi connectivity index (χ2v) is 5.64. The number of fused-ring (bicyclic) bond motifs is 1. The molecule has 1 aliphatic carbocycles. The molecule has 21 heavy (non-hydrogen) atoms. The van der Waals surface area contributed by atoms with Gasteiger partial charge in [0, 0.05) is 18.7 Å². The number of nitrogens with one attached hydrogen (secondary N) is 2. The van der Waals surface area contributed by atoms with Gasteiger partial charge < -0.3 is 20.2 Å². The lowest BCUT2D eigenvalue weighted by molar-refractivity contribution is 0.167. The quantitative estimate of drug-likeness (QED) is 0.810. The zero-order valence-corrected chi connectivity index (χ0v) is 12.0. The monoisotopic (exact) mass is 289 g/mol. The van der Waals surface area contributed by atoms with E-state index in [9.17, 15) is 9.90 Å². The fourth-order valence-corrected chi connectivity index (χ4v) is 2.90.